The predicted octanol–water partition coefficient (Wildman–Crippen LogP) is 3.14. The minimum Gasteiger partial charge on any atom is -0.277 e. The summed E-state index contributed by atoms with van der Waals surface area (Å²) in [5, 5.41) is 18.1. The van der Waals surface area contributed by atoms with Crippen molar-refractivity contribution in [3.63, 3.8) is 0 Å². The molecule has 9 heteroatoms. The molecule has 0 spiro atoms. The molecular weight excluding hydrogens is 358 g/mol. The summed E-state index contributed by atoms with van der Waals surface area (Å²) in [5.41, 5.74) is 5.53. The number of hydrogen-bond donors (Lipinski definition) is 1. The largest absolute Gasteiger partial charge is 0.277 e. The molecule has 0 saturated heterocycles. The van der Waals surface area contributed by atoms with Crippen molar-refractivity contribution in [1.82, 2.24) is 24.8 Å². The number of halogens is 1. The number of hydrogen-bond acceptors (Lipinski definition) is 7. The third kappa shape index (κ3) is 3.21. The van der Waals surface area contributed by atoms with E-state index in [1.165, 1.54) is 11.3 Å². The number of fused-ring (bicyclic) bond motifs is 1. The van der Waals surface area contributed by atoms with Crippen LogP contribution >= 0.6 is 22.9 Å². The molecule has 25 heavy (non-hydrogen) atoms. The second-order valence-corrected chi connectivity index (χ2v) is 6.57. The summed E-state index contributed by atoms with van der Waals surface area (Å²) in [6, 6.07) is 11.1. The van der Waals surface area contributed by atoms with Gasteiger partial charge in [0.1, 0.15) is 0 Å². The van der Waals surface area contributed by atoms with Gasteiger partial charge in [0.05, 0.1) is 11.4 Å². The van der Waals surface area contributed by atoms with E-state index in [0.717, 1.165) is 21.6 Å². The lowest BCUT2D eigenvalue weighted by atomic mass is 10.2. The molecule has 0 aliphatic rings. The van der Waals surface area contributed by atoms with Gasteiger partial charge >= 0.3 is 0 Å². The fraction of sp³-hybridized carbons (Fsp3) is 0.0625. The quantitative estimate of drug-likeness (QED) is 0.561. The molecule has 4 aromatic rings. The van der Waals surface area contributed by atoms with Crippen LogP contribution < -0.4 is 10.1 Å². The van der Waals surface area contributed by atoms with Crippen molar-refractivity contribution in [3.05, 3.63) is 64.2 Å². The van der Waals surface area contributed by atoms with E-state index in [1.807, 2.05) is 31.2 Å². The second-order valence-electron chi connectivity index (χ2n) is 5.18. The molecule has 0 amide bonds. The van der Waals surface area contributed by atoms with Crippen LogP contribution in [-0.2, 0) is 0 Å². The highest BCUT2D eigenvalue weighted by molar-refractivity contribution is 7.14. The van der Waals surface area contributed by atoms with Gasteiger partial charge in [-0.2, -0.15) is 14.7 Å². The van der Waals surface area contributed by atoms with Crippen LogP contribution in [-0.4, -0.2) is 24.8 Å². The third-order valence-electron chi connectivity index (χ3n) is 3.43. The zero-order valence-electron chi connectivity index (χ0n) is 13.1. The minimum atomic E-state index is 0.661. The summed E-state index contributed by atoms with van der Waals surface area (Å²) in [6.45, 7) is 1.90. The Morgan fingerprint density at radius 2 is 1.84 bits per heavy atom. The van der Waals surface area contributed by atoms with E-state index < -0.39 is 0 Å². The van der Waals surface area contributed by atoms with Gasteiger partial charge in [0.25, 0.3) is 0 Å². The van der Waals surface area contributed by atoms with Gasteiger partial charge < -0.3 is 0 Å². The second kappa shape index (κ2) is 6.58. The molecule has 1 N–H and O–H groups in total. The van der Waals surface area contributed by atoms with Gasteiger partial charge in [0.2, 0.25) is 4.96 Å². The molecule has 0 atom stereocenters. The summed E-state index contributed by atoms with van der Waals surface area (Å²) in [7, 11) is 0. The molecule has 0 radical (unpaired) electrons. The Balaban J connectivity index is 1.73. The van der Waals surface area contributed by atoms with Crippen molar-refractivity contribution < 1.29 is 0 Å². The average molecular weight is 370 g/mol. The molecule has 3 aromatic heterocycles. The number of rotatable bonds is 3. The third-order valence-corrected chi connectivity index (χ3v) is 4.70. The van der Waals surface area contributed by atoms with Crippen LogP contribution in [0.4, 0.5) is 5.69 Å². The Morgan fingerprint density at radius 1 is 1.08 bits per heavy atom. The Bertz CT molecular complexity index is 1090. The molecule has 0 fully saturated rings. The fourth-order valence-electron chi connectivity index (χ4n) is 2.20. The monoisotopic (exact) mass is 369 g/mol. The van der Waals surface area contributed by atoms with Crippen molar-refractivity contribution >= 4 is 33.6 Å². The molecule has 0 unspecified atom stereocenters. The SMILES string of the molecule is Cc1nn2c(-c3ccncc3)nnc2sc1=NNc1ccc(Cl)cc1. The van der Waals surface area contributed by atoms with Gasteiger partial charge in [-0.05, 0) is 43.3 Å². The van der Waals surface area contributed by atoms with Crippen molar-refractivity contribution in [3.8, 4) is 11.4 Å². The number of aryl methyl sites for hydroxylation is 1. The summed E-state index contributed by atoms with van der Waals surface area (Å²) in [6.07, 6.45) is 3.43. The molecule has 3 heterocycles. The first kappa shape index (κ1) is 15.7. The van der Waals surface area contributed by atoms with Gasteiger partial charge in [0, 0.05) is 23.0 Å². The van der Waals surface area contributed by atoms with Gasteiger partial charge in [-0.15, -0.1) is 10.2 Å². The lowest BCUT2D eigenvalue weighted by Crippen LogP contribution is -2.11. The number of nitrogens with zero attached hydrogens (tertiary/aromatic N) is 6. The van der Waals surface area contributed by atoms with E-state index in [0.29, 0.717) is 15.8 Å². The lowest BCUT2D eigenvalue weighted by molar-refractivity contribution is 0.901. The minimum absolute atomic E-state index is 0.661. The fourth-order valence-corrected chi connectivity index (χ4v) is 3.07. The van der Waals surface area contributed by atoms with Gasteiger partial charge in [-0.3, -0.25) is 10.4 Å². The maximum atomic E-state index is 5.88. The Hall–Kier alpha value is -2.84. The normalized spacial score (nSPS) is 11.8. The maximum absolute atomic E-state index is 5.88. The molecule has 4 rings (SSSR count). The summed E-state index contributed by atoms with van der Waals surface area (Å²) >= 11 is 7.29. The van der Waals surface area contributed by atoms with Gasteiger partial charge in [-0.1, -0.05) is 22.9 Å². The molecule has 0 aliphatic heterocycles. The van der Waals surface area contributed by atoms with Gasteiger partial charge in [-0.25, -0.2) is 0 Å². The molecule has 1 aromatic carbocycles. The van der Waals surface area contributed by atoms with Crippen LogP contribution in [0.15, 0.2) is 53.9 Å². The highest BCUT2D eigenvalue weighted by atomic mass is 35.5. The van der Waals surface area contributed by atoms with Crippen LogP contribution in [0.25, 0.3) is 16.3 Å². The number of nitrogens with one attached hydrogen (secondary N) is 1. The topological polar surface area (TPSA) is 80.4 Å². The first-order valence-electron chi connectivity index (χ1n) is 7.39. The van der Waals surface area contributed by atoms with Crippen LogP contribution in [0, 0.1) is 6.92 Å². The zero-order valence-corrected chi connectivity index (χ0v) is 14.7. The summed E-state index contributed by atoms with van der Waals surface area (Å²) in [5.74, 6) is 0.675. The van der Waals surface area contributed by atoms with Crippen LogP contribution in [0.2, 0.25) is 5.02 Å². The van der Waals surface area contributed by atoms with Gasteiger partial charge in [0.15, 0.2) is 10.5 Å². The molecule has 0 bridgehead atoms. The van der Waals surface area contributed by atoms with Crippen molar-refractivity contribution in [2.24, 2.45) is 5.10 Å². The van der Waals surface area contributed by atoms with E-state index in [-0.39, 0.29) is 0 Å². The zero-order chi connectivity index (χ0) is 17.2. The standard InChI is InChI=1S/C16H12ClN7S/c1-10-15(21-19-13-4-2-12(17)3-5-13)25-16-22-20-14(24(16)23-10)11-6-8-18-9-7-11/h2-9,19H,1H3. The van der Waals surface area contributed by atoms with Crippen molar-refractivity contribution in [1.29, 1.82) is 0 Å². The van der Waals surface area contributed by atoms with E-state index >= 15 is 0 Å². The smallest absolute Gasteiger partial charge is 0.235 e. The maximum Gasteiger partial charge on any atom is 0.235 e. The van der Waals surface area contributed by atoms with E-state index in [2.05, 4.69) is 30.8 Å². The summed E-state index contributed by atoms with van der Waals surface area (Å²) in [4.78, 5) is 4.68. The number of aromatic nitrogens is 5. The number of benzene rings is 1. The molecule has 7 nitrogen and oxygen atoms in total. The number of pyridine rings is 1. The Labute approximate surface area is 151 Å². The Kier molecular flexibility index (Phi) is 4.12. The van der Waals surface area contributed by atoms with Crippen LogP contribution in [0.1, 0.15) is 5.69 Å². The average Bonchev–Trinajstić information content (AvgIpc) is 3.04. The molecule has 124 valence electrons. The highest BCUT2D eigenvalue weighted by Crippen LogP contribution is 2.17. The van der Waals surface area contributed by atoms with E-state index in [9.17, 15) is 0 Å². The predicted molar refractivity (Wildman–Crippen MR) is 97.3 cm³/mol. The lowest BCUT2D eigenvalue weighted by Gasteiger charge is -2.02. The van der Waals surface area contributed by atoms with Crippen molar-refractivity contribution in [2.75, 3.05) is 5.43 Å². The van der Waals surface area contributed by atoms with E-state index in [1.54, 1.807) is 29.0 Å². The van der Waals surface area contributed by atoms with Crippen molar-refractivity contribution in [2.45, 2.75) is 6.92 Å². The van der Waals surface area contributed by atoms with Crippen LogP contribution in [0.5, 0.6) is 0 Å². The Morgan fingerprint density at radius 3 is 2.60 bits per heavy atom. The first-order chi connectivity index (χ1) is 12.2. The number of anilines is 1. The highest BCUT2D eigenvalue weighted by Gasteiger charge is 2.11. The van der Waals surface area contributed by atoms with E-state index in [4.69, 9.17) is 11.6 Å². The first-order valence-corrected chi connectivity index (χ1v) is 8.59. The molecule has 0 saturated carbocycles. The molecule has 0 aliphatic carbocycles. The van der Waals surface area contributed by atoms with Crippen LogP contribution in [0.3, 0.4) is 0 Å². The molecular formula is C16H12ClN7S. The summed E-state index contributed by atoms with van der Waals surface area (Å²) < 4.78 is 2.45.